The average Bonchev–Trinajstić information content (AvgIpc) is 2.81. The first-order valence-corrected chi connectivity index (χ1v) is 8.95. The van der Waals surface area contributed by atoms with E-state index in [2.05, 4.69) is 15.9 Å². The minimum absolute atomic E-state index is 0.256. The number of rotatable bonds is 4. The number of thiophene rings is 1. The highest BCUT2D eigenvalue weighted by Crippen LogP contribution is 2.34. The molecule has 0 aliphatic carbocycles. The van der Waals surface area contributed by atoms with E-state index in [0.29, 0.717) is 16.0 Å². The van der Waals surface area contributed by atoms with Crippen molar-refractivity contribution in [1.29, 1.82) is 0 Å². The fraction of sp³-hybridized carbons (Fsp3) is 0.231. The number of hydrogen-bond acceptors (Lipinski definition) is 4. The molecular weight excluding hydrogens is 360 g/mol. The van der Waals surface area contributed by atoms with Gasteiger partial charge in [-0.1, -0.05) is 17.7 Å². The second-order valence-corrected chi connectivity index (χ2v) is 8.76. The van der Waals surface area contributed by atoms with Gasteiger partial charge in [0.15, 0.2) is 0 Å². The quantitative estimate of drug-likeness (QED) is 0.893. The maximum atomic E-state index is 12.6. The summed E-state index contributed by atoms with van der Waals surface area (Å²) in [6.45, 7) is 2.29. The third-order valence-electron chi connectivity index (χ3n) is 2.94. The SMILES string of the molecule is Cc1ccc(N(C)S(=O)(=O)c2cc(CN)sc2Br)cc1. The van der Waals surface area contributed by atoms with E-state index in [9.17, 15) is 8.42 Å². The first kappa shape index (κ1) is 15.5. The zero-order valence-electron chi connectivity index (χ0n) is 11.1. The average molecular weight is 375 g/mol. The van der Waals surface area contributed by atoms with Crippen LogP contribution in [0.15, 0.2) is 39.0 Å². The van der Waals surface area contributed by atoms with Crippen LogP contribution >= 0.6 is 27.3 Å². The maximum Gasteiger partial charge on any atom is 0.266 e. The fourth-order valence-electron chi connectivity index (χ4n) is 1.72. The van der Waals surface area contributed by atoms with Gasteiger partial charge < -0.3 is 5.73 Å². The largest absolute Gasteiger partial charge is 0.326 e. The number of benzene rings is 1. The molecule has 0 amide bonds. The van der Waals surface area contributed by atoms with Gasteiger partial charge in [0.2, 0.25) is 0 Å². The van der Waals surface area contributed by atoms with Crippen LogP contribution in [0.4, 0.5) is 5.69 Å². The molecule has 0 saturated heterocycles. The predicted molar refractivity (Wildman–Crippen MR) is 86.7 cm³/mol. The van der Waals surface area contributed by atoms with E-state index >= 15 is 0 Å². The molecule has 20 heavy (non-hydrogen) atoms. The molecule has 1 aromatic carbocycles. The van der Waals surface area contributed by atoms with Gasteiger partial charge in [0, 0.05) is 18.5 Å². The lowest BCUT2D eigenvalue weighted by molar-refractivity contribution is 0.594. The molecule has 7 heteroatoms. The van der Waals surface area contributed by atoms with Gasteiger partial charge in [-0.2, -0.15) is 0 Å². The van der Waals surface area contributed by atoms with Gasteiger partial charge in [0.05, 0.1) is 9.47 Å². The normalized spacial score (nSPS) is 11.6. The molecule has 0 aliphatic heterocycles. The minimum atomic E-state index is -3.58. The highest BCUT2D eigenvalue weighted by Gasteiger charge is 2.25. The molecule has 0 spiro atoms. The van der Waals surface area contributed by atoms with Crippen LogP contribution in [0.1, 0.15) is 10.4 Å². The minimum Gasteiger partial charge on any atom is -0.326 e. The molecule has 0 bridgehead atoms. The lowest BCUT2D eigenvalue weighted by Gasteiger charge is -2.19. The summed E-state index contributed by atoms with van der Waals surface area (Å²) < 4.78 is 27.1. The molecular formula is C13H15BrN2O2S2. The Labute approximate surface area is 131 Å². The van der Waals surface area contributed by atoms with Crippen LogP contribution in [0.2, 0.25) is 0 Å². The molecule has 0 fully saturated rings. The van der Waals surface area contributed by atoms with Crippen LogP contribution < -0.4 is 10.0 Å². The van der Waals surface area contributed by atoms with E-state index in [1.165, 1.54) is 15.6 Å². The Kier molecular flexibility index (Phi) is 4.53. The van der Waals surface area contributed by atoms with Crippen LogP contribution in [0.5, 0.6) is 0 Å². The van der Waals surface area contributed by atoms with Gasteiger partial charge in [0.25, 0.3) is 10.0 Å². The van der Waals surface area contributed by atoms with Crippen molar-refractivity contribution in [2.24, 2.45) is 5.73 Å². The van der Waals surface area contributed by atoms with E-state index in [4.69, 9.17) is 5.73 Å². The monoisotopic (exact) mass is 374 g/mol. The second kappa shape index (κ2) is 5.85. The summed E-state index contributed by atoms with van der Waals surface area (Å²) >= 11 is 4.65. The standard InChI is InChI=1S/C13H15BrN2O2S2/c1-9-3-5-10(6-4-9)16(2)20(17,18)12-7-11(8-15)19-13(12)14/h3-7H,8,15H2,1-2H3. The Morgan fingerprint density at radius 3 is 2.40 bits per heavy atom. The Balaban J connectivity index is 2.43. The van der Waals surface area contributed by atoms with Gasteiger partial charge in [-0.25, -0.2) is 8.42 Å². The zero-order valence-corrected chi connectivity index (χ0v) is 14.3. The zero-order chi connectivity index (χ0) is 14.9. The number of sulfonamides is 1. The first-order valence-electron chi connectivity index (χ1n) is 5.90. The topological polar surface area (TPSA) is 63.4 Å². The number of nitrogens with zero attached hydrogens (tertiary/aromatic N) is 1. The van der Waals surface area contributed by atoms with Crippen molar-refractivity contribution in [2.45, 2.75) is 18.4 Å². The van der Waals surface area contributed by atoms with Crippen LogP contribution in [-0.2, 0) is 16.6 Å². The van der Waals surface area contributed by atoms with Crippen molar-refractivity contribution in [3.63, 3.8) is 0 Å². The van der Waals surface area contributed by atoms with Gasteiger partial charge in [-0.3, -0.25) is 4.31 Å². The summed E-state index contributed by atoms with van der Waals surface area (Å²) in [7, 11) is -2.04. The summed E-state index contributed by atoms with van der Waals surface area (Å²) in [6, 6.07) is 8.97. The van der Waals surface area contributed by atoms with E-state index in [0.717, 1.165) is 10.4 Å². The van der Waals surface area contributed by atoms with E-state index in [1.807, 2.05) is 19.1 Å². The third-order valence-corrected chi connectivity index (χ3v) is 7.00. The van der Waals surface area contributed by atoms with Crippen molar-refractivity contribution >= 4 is 43.0 Å². The summed E-state index contributed by atoms with van der Waals surface area (Å²) in [4.78, 5) is 1.08. The van der Waals surface area contributed by atoms with Crippen LogP contribution in [0, 0.1) is 6.92 Å². The molecule has 1 aromatic heterocycles. The van der Waals surface area contributed by atoms with Gasteiger partial charge in [0.1, 0.15) is 4.90 Å². The van der Waals surface area contributed by atoms with Crippen LogP contribution in [-0.4, -0.2) is 15.5 Å². The molecule has 0 radical (unpaired) electrons. The Bertz CT molecular complexity index is 708. The number of hydrogen-bond donors (Lipinski definition) is 1. The van der Waals surface area contributed by atoms with Crippen molar-refractivity contribution in [3.8, 4) is 0 Å². The number of halogens is 1. The smallest absolute Gasteiger partial charge is 0.266 e. The maximum absolute atomic E-state index is 12.6. The van der Waals surface area contributed by atoms with Gasteiger partial charge in [-0.05, 0) is 41.1 Å². The second-order valence-electron chi connectivity index (χ2n) is 4.36. The molecule has 0 saturated carbocycles. The molecule has 2 rings (SSSR count). The summed E-state index contributed by atoms with van der Waals surface area (Å²) in [5.41, 5.74) is 7.27. The van der Waals surface area contributed by atoms with E-state index in [-0.39, 0.29) is 4.90 Å². The molecule has 4 nitrogen and oxygen atoms in total. The predicted octanol–water partition coefficient (Wildman–Crippen LogP) is 3.10. The van der Waals surface area contributed by atoms with Crippen molar-refractivity contribution in [1.82, 2.24) is 0 Å². The van der Waals surface area contributed by atoms with Crippen molar-refractivity contribution in [3.05, 3.63) is 44.6 Å². The highest BCUT2D eigenvalue weighted by molar-refractivity contribution is 9.11. The van der Waals surface area contributed by atoms with Crippen molar-refractivity contribution in [2.75, 3.05) is 11.4 Å². The van der Waals surface area contributed by atoms with Gasteiger partial charge in [-0.15, -0.1) is 11.3 Å². The third kappa shape index (κ3) is 2.90. The number of anilines is 1. The Hall–Kier alpha value is -0.890. The molecule has 108 valence electrons. The van der Waals surface area contributed by atoms with Gasteiger partial charge >= 0.3 is 0 Å². The van der Waals surface area contributed by atoms with Crippen LogP contribution in [0.25, 0.3) is 0 Å². The molecule has 2 N–H and O–H groups in total. The van der Waals surface area contributed by atoms with E-state index < -0.39 is 10.0 Å². The van der Waals surface area contributed by atoms with Crippen LogP contribution in [0.3, 0.4) is 0 Å². The molecule has 1 heterocycles. The summed E-state index contributed by atoms with van der Waals surface area (Å²) in [6.07, 6.45) is 0. The lowest BCUT2D eigenvalue weighted by atomic mass is 10.2. The van der Waals surface area contributed by atoms with Crippen molar-refractivity contribution < 1.29 is 8.42 Å². The Morgan fingerprint density at radius 1 is 1.30 bits per heavy atom. The number of nitrogens with two attached hydrogens (primary N) is 1. The molecule has 0 unspecified atom stereocenters. The Morgan fingerprint density at radius 2 is 1.90 bits per heavy atom. The molecule has 0 aliphatic rings. The summed E-state index contributed by atoms with van der Waals surface area (Å²) in [5, 5.41) is 0. The lowest BCUT2D eigenvalue weighted by Crippen LogP contribution is -2.26. The summed E-state index contributed by atoms with van der Waals surface area (Å²) in [5.74, 6) is 0. The fourth-order valence-corrected chi connectivity index (χ4v) is 5.42. The first-order chi connectivity index (χ1) is 9.36. The highest BCUT2D eigenvalue weighted by atomic mass is 79.9. The van der Waals surface area contributed by atoms with E-state index in [1.54, 1.807) is 25.2 Å². The molecule has 2 aromatic rings. The molecule has 0 atom stereocenters. The number of aryl methyl sites for hydroxylation is 1.